The number of aromatic nitrogens is 2. The molecule has 0 aliphatic rings. The predicted octanol–water partition coefficient (Wildman–Crippen LogP) is 3.09. The Morgan fingerprint density at radius 2 is 1.90 bits per heavy atom. The van der Waals surface area contributed by atoms with Crippen molar-refractivity contribution in [3.63, 3.8) is 0 Å². The molecule has 0 spiro atoms. The fraction of sp³-hybridized carbons (Fsp3) is 0.692. The van der Waals surface area contributed by atoms with E-state index in [9.17, 15) is 13.2 Å². The van der Waals surface area contributed by atoms with Crippen LogP contribution in [0.3, 0.4) is 0 Å². The van der Waals surface area contributed by atoms with Gasteiger partial charge in [-0.1, -0.05) is 0 Å². The van der Waals surface area contributed by atoms with Crippen molar-refractivity contribution in [1.29, 1.82) is 0 Å². The molecular formula is C13H20F3N3O2. The van der Waals surface area contributed by atoms with Gasteiger partial charge in [-0.2, -0.15) is 13.2 Å². The highest BCUT2D eigenvalue weighted by atomic mass is 19.4. The minimum absolute atomic E-state index is 0.0332. The molecule has 8 heteroatoms. The number of halogens is 3. The van der Waals surface area contributed by atoms with E-state index >= 15 is 0 Å². The Bertz CT molecular complexity index is 410. The number of alkyl halides is 3. The highest BCUT2D eigenvalue weighted by Crippen LogP contribution is 2.27. The molecule has 1 N–H and O–H groups in total. The third-order valence-corrected chi connectivity index (χ3v) is 2.55. The molecule has 0 bridgehead atoms. The molecule has 0 saturated carbocycles. The zero-order valence-corrected chi connectivity index (χ0v) is 12.1. The molecule has 1 heterocycles. The van der Waals surface area contributed by atoms with Crippen LogP contribution in [0.15, 0.2) is 12.3 Å². The van der Waals surface area contributed by atoms with Crippen molar-refractivity contribution >= 4 is 5.95 Å². The van der Waals surface area contributed by atoms with E-state index in [1.165, 1.54) is 0 Å². The van der Waals surface area contributed by atoms with Crippen LogP contribution in [0.1, 0.15) is 32.4 Å². The van der Waals surface area contributed by atoms with Gasteiger partial charge in [0, 0.05) is 32.4 Å². The number of nitrogens with one attached hydrogen (secondary N) is 1. The average Bonchev–Trinajstić information content (AvgIpc) is 2.43. The largest absolute Gasteiger partial charge is 0.433 e. The van der Waals surface area contributed by atoms with Gasteiger partial charge in [0.15, 0.2) is 6.29 Å². The van der Waals surface area contributed by atoms with Gasteiger partial charge in [-0.3, -0.25) is 0 Å². The van der Waals surface area contributed by atoms with Gasteiger partial charge in [-0.05, 0) is 26.3 Å². The number of hydrogen-bond donors (Lipinski definition) is 1. The lowest BCUT2D eigenvalue weighted by Crippen LogP contribution is -2.19. The predicted molar refractivity (Wildman–Crippen MR) is 71.8 cm³/mol. The van der Waals surface area contributed by atoms with E-state index in [1.54, 1.807) is 0 Å². The number of nitrogens with zero attached hydrogens (tertiary/aromatic N) is 2. The van der Waals surface area contributed by atoms with Crippen LogP contribution in [0.25, 0.3) is 0 Å². The minimum atomic E-state index is -4.46. The first kappa shape index (κ1) is 17.6. The summed E-state index contributed by atoms with van der Waals surface area (Å²) >= 11 is 0. The van der Waals surface area contributed by atoms with Gasteiger partial charge in [0.05, 0.1) is 0 Å². The maximum absolute atomic E-state index is 12.5. The van der Waals surface area contributed by atoms with Crippen LogP contribution in [-0.2, 0) is 15.7 Å². The van der Waals surface area contributed by atoms with Gasteiger partial charge in [-0.25, -0.2) is 9.97 Å². The van der Waals surface area contributed by atoms with Crippen molar-refractivity contribution in [2.45, 2.75) is 39.2 Å². The molecule has 21 heavy (non-hydrogen) atoms. The number of rotatable bonds is 9. The second kappa shape index (κ2) is 8.78. The van der Waals surface area contributed by atoms with Crippen LogP contribution in [0, 0.1) is 0 Å². The topological polar surface area (TPSA) is 56.3 Å². The van der Waals surface area contributed by atoms with E-state index < -0.39 is 11.9 Å². The summed E-state index contributed by atoms with van der Waals surface area (Å²) in [5, 5.41) is 2.76. The Balaban J connectivity index is 2.38. The molecule has 0 radical (unpaired) electrons. The van der Waals surface area contributed by atoms with Crippen LogP contribution >= 0.6 is 0 Å². The molecule has 0 unspecified atom stereocenters. The maximum Gasteiger partial charge on any atom is 0.433 e. The first-order chi connectivity index (χ1) is 9.97. The summed E-state index contributed by atoms with van der Waals surface area (Å²) in [6, 6.07) is 0.839. The SMILES string of the molecule is CCOC(CCCNc1nccc(C(F)(F)F)n1)OCC. The molecule has 120 valence electrons. The van der Waals surface area contributed by atoms with Crippen LogP contribution < -0.4 is 5.32 Å². The van der Waals surface area contributed by atoms with Gasteiger partial charge in [-0.15, -0.1) is 0 Å². The van der Waals surface area contributed by atoms with Crippen LogP contribution in [0.4, 0.5) is 19.1 Å². The summed E-state index contributed by atoms with van der Waals surface area (Å²) < 4.78 is 48.2. The van der Waals surface area contributed by atoms with Crippen LogP contribution in [-0.4, -0.2) is 36.0 Å². The molecular weight excluding hydrogens is 287 g/mol. The summed E-state index contributed by atoms with van der Waals surface area (Å²) in [6.07, 6.45) is -2.35. The van der Waals surface area contributed by atoms with Crippen molar-refractivity contribution in [2.24, 2.45) is 0 Å². The molecule has 1 aromatic rings. The smallest absolute Gasteiger partial charge is 0.354 e. The molecule has 0 saturated heterocycles. The lowest BCUT2D eigenvalue weighted by Gasteiger charge is -2.16. The third kappa shape index (κ3) is 6.72. The van der Waals surface area contributed by atoms with E-state index in [0.717, 1.165) is 12.3 Å². The van der Waals surface area contributed by atoms with Gasteiger partial charge >= 0.3 is 6.18 Å². The summed E-state index contributed by atoms with van der Waals surface area (Å²) in [5.74, 6) is -0.0332. The second-order valence-electron chi connectivity index (χ2n) is 4.17. The normalized spacial score (nSPS) is 11.9. The summed E-state index contributed by atoms with van der Waals surface area (Å²) in [6.45, 7) is 5.29. The van der Waals surface area contributed by atoms with Crippen LogP contribution in [0.2, 0.25) is 0 Å². The van der Waals surface area contributed by atoms with Gasteiger partial charge < -0.3 is 14.8 Å². The highest BCUT2D eigenvalue weighted by Gasteiger charge is 2.32. The van der Waals surface area contributed by atoms with Crippen molar-refractivity contribution in [1.82, 2.24) is 9.97 Å². The first-order valence-corrected chi connectivity index (χ1v) is 6.84. The number of anilines is 1. The quantitative estimate of drug-likeness (QED) is 0.561. The Labute approximate surface area is 121 Å². The molecule has 0 aromatic carbocycles. The molecule has 0 atom stereocenters. The standard InChI is InChI=1S/C13H20F3N3O2/c1-3-20-11(21-4-2)6-5-8-17-12-18-9-7-10(19-12)13(14,15)16/h7,9,11H,3-6,8H2,1-2H3,(H,17,18,19). The Morgan fingerprint density at radius 3 is 2.48 bits per heavy atom. The number of ether oxygens (including phenoxy) is 2. The molecule has 0 fully saturated rings. The Hall–Kier alpha value is -1.41. The lowest BCUT2D eigenvalue weighted by atomic mass is 10.3. The van der Waals surface area contributed by atoms with Gasteiger partial charge in [0.1, 0.15) is 5.69 Å². The van der Waals surface area contributed by atoms with Gasteiger partial charge in [0.2, 0.25) is 5.95 Å². The molecule has 1 aromatic heterocycles. The third-order valence-electron chi connectivity index (χ3n) is 2.55. The molecule has 5 nitrogen and oxygen atoms in total. The summed E-state index contributed by atoms with van der Waals surface area (Å²) in [7, 11) is 0. The van der Waals surface area contributed by atoms with E-state index in [0.29, 0.717) is 32.6 Å². The van der Waals surface area contributed by atoms with Crippen molar-refractivity contribution < 1.29 is 22.6 Å². The molecule has 0 aliphatic carbocycles. The van der Waals surface area contributed by atoms with Gasteiger partial charge in [0.25, 0.3) is 0 Å². The maximum atomic E-state index is 12.5. The van der Waals surface area contributed by atoms with Crippen molar-refractivity contribution in [2.75, 3.05) is 25.1 Å². The highest BCUT2D eigenvalue weighted by molar-refractivity contribution is 5.25. The molecule has 0 aliphatic heterocycles. The molecule has 1 rings (SSSR count). The van der Waals surface area contributed by atoms with Crippen molar-refractivity contribution in [3.05, 3.63) is 18.0 Å². The van der Waals surface area contributed by atoms with E-state index in [4.69, 9.17) is 9.47 Å². The van der Waals surface area contributed by atoms with Crippen molar-refractivity contribution in [3.8, 4) is 0 Å². The average molecular weight is 307 g/mol. The number of hydrogen-bond acceptors (Lipinski definition) is 5. The zero-order valence-electron chi connectivity index (χ0n) is 12.1. The Kier molecular flexibility index (Phi) is 7.38. The Morgan fingerprint density at radius 1 is 1.24 bits per heavy atom. The first-order valence-electron chi connectivity index (χ1n) is 6.84. The fourth-order valence-electron chi connectivity index (χ4n) is 1.66. The lowest BCUT2D eigenvalue weighted by molar-refractivity contribution is -0.141. The van der Waals surface area contributed by atoms with E-state index in [2.05, 4.69) is 15.3 Å². The summed E-state index contributed by atoms with van der Waals surface area (Å²) in [4.78, 5) is 7.18. The molecule has 0 amide bonds. The van der Waals surface area contributed by atoms with E-state index in [1.807, 2.05) is 13.8 Å². The monoisotopic (exact) mass is 307 g/mol. The van der Waals surface area contributed by atoms with E-state index in [-0.39, 0.29) is 12.2 Å². The minimum Gasteiger partial charge on any atom is -0.354 e. The zero-order chi connectivity index (χ0) is 15.7. The summed E-state index contributed by atoms with van der Waals surface area (Å²) in [5.41, 5.74) is -0.957. The fourth-order valence-corrected chi connectivity index (χ4v) is 1.66. The second-order valence-corrected chi connectivity index (χ2v) is 4.17. The van der Waals surface area contributed by atoms with Crippen LogP contribution in [0.5, 0.6) is 0 Å².